The van der Waals surface area contributed by atoms with Gasteiger partial charge in [-0.2, -0.15) is 0 Å². The molecule has 7 heteroatoms. The van der Waals surface area contributed by atoms with Crippen molar-refractivity contribution in [3.8, 4) is 11.5 Å². The number of methoxy groups -OCH3 is 1. The number of para-hydroxylation sites is 1. The number of esters is 2. The van der Waals surface area contributed by atoms with Gasteiger partial charge >= 0.3 is 11.9 Å². The first-order valence-corrected chi connectivity index (χ1v) is 8.52. The van der Waals surface area contributed by atoms with Crippen molar-refractivity contribution in [2.24, 2.45) is 0 Å². The first kappa shape index (κ1) is 19.4. The van der Waals surface area contributed by atoms with Crippen LogP contribution >= 0.6 is 0 Å². The first-order valence-electron chi connectivity index (χ1n) is 8.52. The van der Waals surface area contributed by atoms with Gasteiger partial charge in [0, 0.05) is 25.0 Å². The molecule has 0 N–H and O–H groups in total. The van der Waals surface area contributed by atoms with Crippen LogP contribution in [0.1, 0.15) is 25.0 Å². The van der Waals surface area contributed by atoms with Crippen molar-refractivity contribution in [2.75, 3.05) is 7.11 Å². The molecule has 0 unspecified atom stereocenters. The molecule has 1 aliphatic rings. The number of hydrogen-bond donors (Lipinski definition) is 0. The van der Waals surface area contributed by atoms with E-state index >= 15 is 0 Å². The molecular formula is C21H19FO6. The maximum absolute atomic E-state index is 13.9. The van der Waals surface area contributed by atoms with E-state index in [4.69, 9.17) is 18.9 Å². The highest BCUT2D eigenvalue weighted by molar-refractivity contribution is 6.19. The molecule has 0 amide bonds. The van der Waals surface area contributed by atoms with Crippen molar-refractivity contribution < 1.29 is 32.9 Å². The van der Waals surface area contributed by atoms with Crippen molar-refractivity contribution >= 4 is 18.0 Å². The molecule has 2 aromatic rings. The van der Waals surface area contributed by atoms with Crippen LogP contribution < -0.4 is 9.47 Å². The molecule has 146 valence electrons. The fraction of sp³-hybridized carbons (Fsp3) is 0.238. The number of carbonyl (C=O) groups excluding carboxylic acids is 2. The molecule has 0 saturated carbocycles. The molecular weight excluding hydrogens is 367 g/mol. The highest BCUT2D eigenvalue weighted by Crippen LogP contribution is 2.34. The van der Waals surface area contributed by atoms with Crippen molar-refractivity contribution in [1.29, 1.82) is 0 Å². The lowest BCUT2D eigenvalue weighted by atomic mass is 10.1. The number of halogens is 1. The summed E-state index contributed by atoms with van der Waals surface area (Å²) in [6.07, 6.45) is 1.30. The third-order valence-corrected chi connectivity index (χ3v) is 3.98. The van der Waals surface area contributed by atoms with Gasteiger partial charge in [-0.1, -0.05) is 30.3 Å². The summed E-state index contributed by atoms with van der Waals surface area (Å²) in [5.41, 5.74) is 0.466. The first-order chi connectivity index (χ1) is 13.3. The highest BCUT2D eigenvalue weighted by atomic mass is 19.1. The van der Waals surface area contributed by atoms with Crippen LogP contribution in [-0.4, -0.2) is 24.8 Å². The topological polar surface area (TPSA) is 71.1 Å². The lowest BCUT2D eigenvalue weighted by molar-refractivity contribution is -0.222. The van der Waals surface area contributed by atoms with Crippen molar-refractivity contribution in [1.82, 2.24) is 0 Å². The van der Waals surface area contributed by atoms with Gasteiger partial charge in [0.15, 0.2) is 11.5 Å². The van der Waals surface area contributed by atoms with Gasteiger partial charge in [-0.15, -0.1) is 0 Å². The fourth-order valence-corrected chi connectivity index (χ4v) is 2.66. The van der Waals surface area contributed by atoms with Crippen LogP contribution in [0.15, 0.2) is 48.0 Å². The van der Waals surface area contributed by atoms with E-state index in [0.29, 0.717) is 16.9 Å². The van der Waals surface area contributed by atoms with Crippen LogP contribution in [0.5, 0.6) is 11.5 Å². The molecule has 0 atom stereocenters. The van der Waals surface area contributed by atoms with Gasteiger partial charge in [0.2, 0.25) is 0 Å². The molecule has 0 aliphatic carbocycles. The lowest BCUT2D eigenvalue weighted by Gasteiger charge is -2.29. The Hall–Kier alpha value is -3.35. The number of rotatable bonds is 5. The van der Waals surface area contributed by atoms with Gasteiger partial charge in [-0.25, -0.2) is 14.0 Å². The van der Waals surface area contributed by atoms with Gasteiger partial charge in [-0.3, -0.25) is 0 Å². The Morgan fingerprint density at radius 2 is 1.71 bits per heavy atom. The molecule has 1 fully saturated rings. The van der Waals surface area contributed by atoms with Crippen molar-refractivity contribution in [3.63, 3.8) is 0 Å². The zero-order valence-corrected chi connectivity index (χ0v) is 15.7. The van der Waals surface area contributed by atoms with Gasteiger partial charge < -0.3 is 18.9 Å². The summed E-state index contributed by atoms with van der Waals surface area (Å²) >= 11 is 0. The Bertz CT molecular complexity index is 926. The second-order valence-corrected chi connectivity index (χ2v) is 6.50. The molecule has 1 aliphatic heterocycles. The van der Waals surface area contributed by atoms with E-state index in [1.165, 1.54) is 33.1 Å². The van der Waals surface area contributed by atoms with Crippen LogP contribution in [-0.2, 0) is 25.7 Å². The maximum atomic E-state index is 13.9. The SMILES string of the molecule is COc1cccc(C=C2C(=O)OC(C)(C)OC2=O)c1OCc1ccccc1F. The molecule has 0 aromatic heterocycles. The minimum Gasteiger partial charge on any atom is -0.493 e. The van der Waals surface area contributed by atoms with Crippen LogP contribution in [0.25, 0.3) is 6.08 Å². The number of benzene rings is 2. The van der Waals surface area contributed by atoms with Crippen LogP contribution in [0, 0.1) is 5.82 Å². The van der Waals surface area contributed by atoms with Crippen molar-refractivity contribution in [2.45, 2.75) is 26.2 Å². The number of cyclic esters (lactones) is 2. The van der Waals surface area contributed by atoms with E-state index < -0.39 is 23.5 Å². The zero-order valence-electron chi connectivity index (χ0n) is 15.7. The summed E-state index contributed by atoms with van der Waals surface area (Å²) in [5, 5.41) is 0. The minimum atomic E-state index is -1.33. The summed E-state index contributed by atoms with van der Waals surface area (Å²) in [4.78, 5) is 24.4. The van der Waals surface area contributed by atoms with Crippen LogP contribution in [0.2, 0.25) is 0 Å². The smallest absolute Gasteiger partial charge is 0.348 e. The Balaban J connectivity index is 1.95. The largest absolute Gasteiger partial charge is 0.493 e. The summed E-state index contributed by atoms with van der Waals surface area (Å²) in [6.45, 7) is 2.87. The molecule has 0 spiro atoms. The summed E-state index contributed by atoms with van der Waals surface area (Å²) in [6, 6.07) is 11.2. The van der Waals surface area contributed by atoms with Gasteiger partial charge in [0.1, 0.15) is 18.0 Å². The van der Waals surface area contributed by atoms with E-state index in [0.717, 1.165) is 0 Å². The van der Waals surface area contributed by atoms with Crippen LogP contribution in [0.3, 0.4) is 0 Å². The predicted molar refractivity (Wildman–Crippen MR) is 98.0 cm³/mol. The second-order valence-electron chi connectivity index (χ2n) is 6.50. The van der Waals surface area contributed by atoms with Gasteiger partial charge in [0.25, 0.3) is 5.79 Å². The van der Waals surface area contributed by atoms with Crippen molar-refractivity contribution in [3.05, 3.63) is 65.0 Å². The predicted octanol–water partition coefficient (Wildman–Crippen LogP) is 3.63. The maximum Gasteiger partial charge on any atom is 0.348 e. The van der Waals surface area contributed by atoms with E-state index in [1.54, 1.807) is 36.4 Å². The monoisotopic (exact) mass is 386 g/mol. The quantitative estimate of drug-likeness (QED) is 0.444. The van der Waals surface area contributed by atoms with Crippen LogP contribution in [0.4, 0.5) is 4.39 Å². The number of carbonyl (C=O) groups is 2. The fourth-order valence-electron chi connectivity index (χ4n) is 2.66. The van der Waals surface area contributed by atoms with E-state index in [1.807, 2.05) is 0 Å². The molecule has 1 heterocycles. The van der Waals surface area contributed by atoms with E-state index in [-0.39, 0.29) is 17.9 Å². The Kier molecular flexibility index (Phi) is 5.35. The molecule has 1 saturated heterocycles. The third-order valence-electron chi connectivity index (χ3n) is 3.98. The summed E-state index contributed by atoms with van der Waals surface area (Å²) < 4.78 is 35.1. The lowest BCUT2D eigenvalue weighted by Crippen LogP contribution is -2.41. The molecule has 3 rings (SSSR count). The molecule has 2 aromatic carbocycles. The Morgan fingerprint density at radius 1 is 1.04 bits per heavy atom. The molecule has 6 nitrogen and oxygen atoms in total. The Labute approximate surface area is 161 Å². The average molecular weight is 386 g/mol. The number of ether oxygens (including phenoxy) is 4. The molecule has 28 heavy (non-hydrogen) atoms. The van der Waals surface area contributed by atoms with Gasteiger partial charge in [0.05, 0.1) is 7.11 Å². The average Bonchev–Trinajstić information content (AvgIpc) is 2.63. The zero-order chi connectivity index (χ0) is 20.3. The normalized spacial score (nSPS) is 15.5. The van der Waals surface area contributed by atoms with Gasteiger partial charge in [-0.05, 0) is 18.2 Å². The van der Waals surface area contributed by atoms with E-state index in [2.05, 4.69) is 0 Å². The second kappa shape index (κ2) is 7.72. The van der Waals surface area contributed by atoms with E-state index in [9.17, 15) is 14.0 Å². The summed E-state index contributed by atoms with van der Waals surface area (Å²) in [5.74, 6) is -2.72. The summed E-state index contributed by atoms with van der Waals surface area (Å²) in [7, 11) is 1.45. The standard InChI is InChI=1S/C21H19FO6/c1-21(2)27-19(23)15(20(24)28-21)11-13-8-6-10-17(25-3)18(13)26-12-14-7-4-5-9-16(14)22/h4-11H,12H2,1-3H3. The number of hydrogen-bond acceptors (Lipinski definition) is 6. The Morgan fingerprint density at radius 3 is 2.36 bits per heavy atom. The highest BCUT2D eigenvalue weighted by Gasteiger charge is 2.39. The third kappa shape index (κ3) is 4.14. The molecule has 0 bridgehead atoms. The molecule has 0 radical (unpaired) electrons. The minimum absolute atomic E-state index is 0.0643.